The Labute approximate surface area is 153 Å². The number of phenols is 1. The summed E-state index contributed by atoms with van der Waals surface area (Å²) in [6, 6.07) is 12.8. The van der Waals surface area contributed by atoms with E-state index in [0.717, 1.165) is 35.5 Å². The number of carbonyl (C=O) groups excluding carboxylic acids is 1. The van der Waals surface area contributed by atoms with E-state index in [1.807, 2.05) is 37.3 Å². The average molecular weight is 356 g/mol. The normalized spacial score (nSPS) is 13.3. The quantitative estimate of drug-likeness (QED) is 0.833. The molecular formula is C20H24N2O4. The summed E-state index contributed by atoms with van der Waals surface area (Å²) >= 11 is 0. The molecule has 3 rings (SSSR count). The Morgan fingerprint density at radius 3 is 2.62 bits per heavy atom. The van der Waals surface area contributed by atoms with Crippen molar-refractivity contribution >= 4 is 6.03 Å². The van der Waals surface area contributed by atoms with Crippen LogP contribution in [0.1, 0.15) is 24.5 Å². The van der Waals surface area contributed by atoms with E-state index < -0.39 is 0 Å². The highest BCUT2D eigenvalue weighted by Gasteiger charge is 2.16. The molecular weight excluding hydrogens is 332 g/mol. The number of fused-ring (bicyclic) bond motifs is 1. The van der Waals surface area contributed by atoms with Crippen LogP contribution in [0.3, 0.4) is 0 Å². The first-order chi connectivity index (χ1) is 12.5. The molecule has 0 bridgehead atoms. The average Bonchev–Trinajstić information content (AvgIpc) is 3.09. The number of rotatable bonds is 6. The summed E-state index contributed by atoms with van der Waals surface area (Å²) < 4.78 is 10.7. The van der Waals surface area contributed by atoms with Gasteiger partial charge in [0.25, 0.3) is 0 Å². The van der Waals surface area contributed by atoms with E-state index in [0.29, 0.717) is 6.54 Å². The van der Waals surface area contributed by atoms with Crippen LogP contribution in [0.25, 0.3) is 0 Å². The molecule has 0 aromatic heterocycles. The third kappa shape index (κ3) is 4.59. The second-order valence-electron chi connectivity index (χ2n) is 6.60. The van der Waals surface area contributed by atoms with Crippen LogP contribution in [0.15, 0.2) is 42.5 Å². The van der Waals surface area contributed by atoms with Crippen LogP contribution in [-0.4, -0.2) is 35.9 Å². The number of amides is 2. The predicted octanol–water partition coefficient (Wildman–Crippen LogP) is 3.28. The fourth-order valence-corrected chi connectivity index (χ4v) is 2.82. The van der Waals surface area contributed by atoms with E-state index in [2.05, 4.69) is 5.32 Å². The lowest BCUT2D eigenvalue weighted by Crippen LogP contribution is -2.41. The van der Waals surface area contributed by atoms with Gasteiger partial charge < -0.3 is 24.8 Å². The van der Waals surface area contributed by atoms with Crippen molar-refractivity contribution < 1.29 is 19.4 Å². The molecule has 6 nitrogen and oxygen atoms in total. The minimum Gasteiger partial charge on any atom is -0.508 e. The maximum absolute atomic E-state index is 12.4. The van der Waals surface area contributed by atoms with Crippen molar-refractivity contribution in [3.05, 3.63) is 53.6 Å². The van der Waals surface area contributed by atoms with E-state index in [1.54, 1.807) is 24.1 Å². The second kappa shape index (κ2) is 7.99. The van der Waals surface area contributed by atoms with E-state index in [9.17, 15) is 9.90 Å². The topological polar surface area (TPSA) is 71.0 Å². The van der Waals surface area contributed by atoms with E-state index in [1.165, 1.54) is 0 Å². The second-order valence-corrected chi connectivity index (χ2v) is 6.60. The molecule has 0 aliphatic carbocycles. The molecule has 1 heterocycles. The van der Waals surface area contributed by atoms with Gasteiger partial charge in [-0.05, 0) is 55.2 Å². The Morgan fingerprint density at radius 1 is 1.15 bits per heavy atom. The van der Waals surface area contributed by atoms with Gasteiger partial charge in [-0.25, -0.2) is 4.79 Å². The summed E-state index contributed by atoms with van der Waals surface area (Å²) in [6.45, 7) is 2.73. The molecule has 0 saturated carbocycles. The maximum Gasteiger partial charge on any atom is 0.317 e. The highest BCUT2D eigenvalue weighted by molar-refractivity contribution is 5.74. The van der Waals surface area contributed by atoms with Crippen molar-refractivity contribution in [3.8, 4) is 17.2 Å². The molecule has 0 spiro atoms. The number of hydrogen-bond donors (Lipinski definition) is 2. The van der Waals surface area contributed by atoms with Crippen LogP contribution < -0.4 is 14.8 Å². The molecule has 2 aromatic rings. The Bertz CT molecular complexity index is 761. The molecule has 2 amide bonds. The monoisotopic (exact) mass is 356 g/mol. The molecule has 1 aliphatic heterocycles. The first-order valence-electron chi connectivity index (χ1n) is 8.69. The summed E-state index contributed by atoms with van der Waals surface area (Å²) in [5.74, 6) is 1.72. The molecule has 6 heteroatoms. The third-order valence-electron chi connectivity index (χ3n) is 4.38. The fraction of sp³-hybridized carbons (Fsp3) is 0.350. The minimum absolute atomic E-state index is 0.0514. The van der Waals surface area contributed by atoms with Gasteiger partial charge in [0.05, 0.1) is 0 Å². The van der Waals surface area contributed by atoms with Crippen molar-refractivity contribution in [2.24, 2.45) is 0 Å². The predicted molar refractivity (Wildman–Crippen MR) is 98.5 cm³/mol. The van der Waals surface area contributed by atoms with Crippen molar-refractivity contribution in [2.45, 2.75) is 32.4 Å². The van der Waals surface area contributed by atoms with Crippen molar-refractivity contribution in [2.75, 3.05) is 13.8 Å². The minimum atomic E-state index is -0.110. The molecule has 26 heavy (non-hydrogen) atoms. The number of benzene rings is 2. The van der Waals surface area contributed by atoms with Gasteiger partial charge in [0.1, 0.15) is 5.75 Å². The summed E-state index contributed by atoms with van der Waals surface area (Å²) in [4.78, 5) is 14.0. The first-order valence-corrected chi connectivity index (χ1v) is 8.69. The Balaban J connectivity index is 1.46. The largest absolute Gasteiger partial charge is 0.508 e. The number of phenolic OH excluding ortho intramolecular Hbond substituents is 1. The SMILES string of the molecule is CC(CCc1ccc(O)cc1)NC(=O)N(C)Cc1ccc2c(c1)OCO2. The molecule has 2 aromatic carbocycles. The van der Waals surface area contributed by atoms with Crippen molar-refractivity contribution in [1.82, 2.24) is 10.2 Å². The van der Waals surface area contributed by atoms with Crippen molar-refractivity contribution in [1.29, 1.82) is 0 Å². The number of aryl methyl sites for hydroxylation is 1. The van der Waals surface area contributed by atoms with Gasteiger partial charge >= 0.3 is 6.03 Å². The van der Waals surface area contributed by atoms with E-state index in [-0.39, 0.29) is 24.6 Å². The molecule has 0 saturated heterocycles. The number of urea groups is 1. The summed E-state index contributed by atoms with van der Waals surface area (Å²) in [6.07, 6.45) is 1.67. The fourth-order valence-electron chi connectivity index (χ4n) is 2.82. The lowest BCUT2D eigenvalue weighted by molar-refractivity contribution is 0.174. The molecule has 0 radical (unpaired) electrons. The van der Waals surface area contributed by atoms with Gasteiger partial charge in [-0.2, -0.15) is 0 Å². The number of nitrogens with zero attached hydrogens (tertiary/aromatic N) is 1. The van der Waals surface area contributed by atoms with E-state index >= 15 is 0 Å². The Morgan fingerprint density at radius 2 is 1.85 bits per heavy atom. The Hall–Kier alpha value is -2.89. The number of aromatic hydroxyl groups is 1. The lowest BCUT2D eigenvalue weighted by Gasteiger charge is -2.21. The highest BCUT2D eigenvalue weighted by atomic mass is 16.7. The number of carbonyl (C=O) groups is 1. The van der Waals surface area contributed by atoms with Crippen LogP contribution in [-0.2, 0) is 13.0 Å². The zero-order chi connectivity index (χ0) is 18.5. The van der Waals surface area contributed by atoms with Gasteiger partial charge in [-0.3, -0.25) is 0 Å². The maximum atomic E-state index is 12.4. The molecule has 1 unspecified atom stereocenters. The van der Waals surface area contributed by atoms with Gasteiger partial charge in [-0.15, -0.1) is 0 Å². The molecule has 1 aliphatic rings. The van der Waals surface area contributed by atoms with Gasteiger partial charge in [0, 0.05) is 19.6 Å². The summed E-state index contributed by atoms with van der Waals surface area (Å²) in [7, 11) is 1.77. The van der Waals surface area contributed by atoms with Crippen LogP contribution >= 0.6 is 0 Å². The zero-order valence-electron chi connectivity index (χ0n) is 15.1. The number of nitrogens with one attached hydrogen (secondary N) is 1. The molecule has 138 valence electrons. The van der Waals surface area contributed by atoms with Crippen LogP contribution in [0, 0.1) is 0 Å². The zero-order valence-corrected chi connectivity index (χ0v) is 15.1. The van der Waals surface area contributed by atoms with Gasteiger partial charge in [-0.1, -0.05) is 18.2 Å². The molecule has 1 atom stereocenters. The van der Waals surface area contributed by atoms with Crippen LogP contribution in [0.5, 0.6) is 17.2 Å². The van der Waals surface area contributed by atoms with Gasteiger partial charge in [0.2, 0.25) is 6.79 Å². The smallest absolute Gasteiger partial charge is 0.317 e. The first kappa shape index (κ1) is 17.9. The van der Waals surface area contributed by atoms with Crippen LogP contribution in [0.2, 0.25) is 0 Å². The van der Waals surface area contributed by atoms with Gasteiger partial charge in [0.15, 0.2) is 11.5 Å². The van der Waals surface area contributed by atoms with Crippen LogP contribution in [0.4, 0.5) is 4.79 Å². The Kier molecular flexibility index (Phi) is 5.51. The summed E-state index contributed by atoms with van der Waals surface area (Å²) in [5.41, 5.74) is 2.13. The molecule has 2 N–H and O–H groups in total. The number of hydrogen-bond acceptors (Lipinski definition) is 4. The lowest BCUT2D eigenvalue weighted by atomic mass is 10.1. The number of ether oxygens (including phenoxy) is 2. The van der Waals surface area contributed by atoms with Crippen molar-refractivity contribution in [3.63, 3.8) is 0 Å². The third-order valence-corrected chi connectivity index (χ3v) is 4.38. The standard InChI is InChI=1S/C20H24N2O4/c1-14(3-4-15-5-8-17(23)9-6-15)21-20(24)22(2)12-16-7-10-18-19(11-16)26-13-25-18/h5-11,14,23H,3-4,12-13H2,1-2H3,(H,21,24). The summed E-state index contributed by atoms with van der Waals surface area (Å²) in [5, 5.41) is 12.3. The highest BCUT2D eigenvalue weighted by Crippen LogP contribution is 2.32. The van der Waals surface area contributed by atoms with E-state index in [4.69, 9.17) is 9.47 Å². The molecule has 0 fully saturated rings.